The number of morpholine rings is 1. The van der Waals surface area contributed by atoms with Crippen molar-refractivity contribution < 1.29 is 19.0 Å². The minimum absolute atomic E-state index is 0.00372. The molecule has 35 heavy (non-hydrogen) atoms. The van der Waals surface area contributed by atoms with E-state index in [0.717, 1.165) is 63.8 Å². The standard InChI is InChI=1S/C27H36ClN3O4/c1-33-23-8-9-24(26(17-23)34-2)29-27(32)10-5-21-19-30(18-20-3-6-22(28)7-4-20)12-11-25(21)31-13-15-35-16-14-31/h3-4,6-9,17,21,25H,5,10-16,18-19H2,1-2H3,(H,29,32)/t21-,25+/m1/s1. The van der Waals surface area contributed by atoms with E-state index in [-0.39, 0.29) is 5.91 Å². The van der Waals surface area contributed by atoms with Gasteiger partial charge in [-0.3, -0.25) is 14.6 Å². The molecule has 2 atom stereocenters. The molecule has 0 unspecified atom stereocenters. The summed E-state index contributed by atoms with van der Waals surface area (Å²) in [5.41, 5.74) is 1.93. The molecule has 0 aliphatic carbocycles. The Hall–Kier alpha value is -2.32. The zero-order valence-corrected chi connectivity index (χ0v) is 21.4. The predicted molar refractivity (Wildman–Crippen MR) is 138 cm³/mol. The highest BCUT2D eigenvalue weighted by molar-refractivity contribution is 6.30. The van der Waals surface area contributed by atoms with E-state index < -0.39 is 0 Å². The molecule has 2 aromatic carbocycles. The van der Waals surface area contributed by atoms with E-state index >= 15 is 0 Å². The monoisotopic (exact) mass is 501 g/mol. The number of hydrogen-bond donors (Lipinski definition) is 1. The first-order valence-corrected chi connectivity index (χ1v) is 12.7. The number of carbonyl (C=O) groups excluding carboxylic acids is 1. The lowest BCUT2D eigenvalue weighted by atomic mass is 9.86. The Kier molecular flexibility index (Phi) is 9.26. The molecule has 2 saturated heterocycles. The number of likely N-dealkylation sites (tertiary alicyclic amines) is 1. The molecule has 0 radical (unpaired) electrons. The number of nitrogens with zero attached hydrogens (tertiary/aromatic N) is 2. The summed E-state index contributed by atoms with van der Waals surface area (Å²) >= 11 is 6.06. The predicted octanol–water partition coefficient (Wildman–Crippen LogP) is 4.30. The molecule has 8 heteroatoms. The van der Waals surface area contributed by atoms with Gasteiger partial charge < -0.3 is 19.5 Å². The summed E-state index contributed by atoms with van der Waals surface area (Å²) in [7, 11) is 3.20. The Morgan fingerprint density at radius 1 is 1.09 bits per heavy atom. The van der Waals surface area contributed by atoms with Gasteiger partial charge in [-0.2, -0.15) is 0 Å². The minimum atomic E-state index is 0.00372. The molecule has 0 saturated carbocycles. The quantitative estimate of drug-likeness (QED) is 0.552. The maximum Gasteiger partial charge on any atom is 0.224 e. The maximum absolute atomic E-state index is 12.9. The van der Waals surface area contributed by atoms with Crippen LogP contribution in [0.4, 0.5) is 5.69 Å². The second kappa shape index (κ2) is 12.6. The van der Waals surface area contributed by atoms with Crippen molar-refractivity contribution in [1.29, 1.82) is 0 Å². The highest BCUT2D eigenvalue weighted by Crippen LogP contribution is 2.31. The number of amides is 1. The largest absolute Gasteiger partial charge is 0.497 e. The number of nitrogens with one attached hydrogen (secondary N) is 1. The van der Waals surface area contributed by atoms with Crippen LogP contribution in [-0.2, 0) is 16.1 Å². The Morgan fingerprint density at radius 3 is 2.57 bits per heavy atom. The number of rotatable bonds is 9. The van der Waals surface area contributed by atoms with Crippen LogP contribution < -0.4 is 14.8 Å². The van der Waals surface area contributed by atoms with Crippen LogP contribution in [0.1, 0.15) is 24.8 Å². The van der Waals surface area contributed by atoms with Crippen molar-refractivity contribution in [2.24, 2.45) is 5.92 Å². The molecule has 2 fully saturated rings. The van der Waals surface area contributed by atoms with Gasteiger partial charge >= 0.3 is 0 Å². The van der Waals surface area contributed by atoms with Crippen LogP contribution in [-0.4, -0.2) is 75.4 Å². The summed E-state index contributed by atoms with van der Waals surface area (Å²) in [5, 5.41) is 3.79. The van der Waals surface area contributed by atoms with Crippen molar-refractivity contribution in [2.75, 3.05) is 58.9 Å². The number of halogens is 1. The van der Waals surface area contributed by atoms with Crippen LogP contribution in [0.5, 0.6) is 11.5 Å². The average molecular weight is 502 g/mol. The fraction of sp³-hybridized carbons (Fsp3) is 0.519. The normalized spacial score (nSPS) is 21.5. The van der Waals surface area contributed by atoms with Crippen molar-refractivity contribution in [3.05, 3.63) is 53.1 Å². The number of methoxy groups -OCH3 is 2. The van der Waals surface area contributed by atoms with Gasteiger partial charge in [-0.25, -0.2) is 0 Å². The molecule has 0 spiro atoms. The second-order valence-electron chi connectivity index (χ2n) is 9.28. The summed E-state index contributed by atoms with van der Waals surface area (Å²) in [4.78, 5) is 18.0. The van der Waals surface area contributed by atoms with Crippen molar-refractivity contribution in [2.45, 2.75) is 31.8 Å². The second-order valence-corrected chi connectivity index (χ2v) is 9.72. The first-order chi connectivity index (χ1) is 17.1. The topological polar surface area (TPSA) is 63.3 Å². The molecule has 4 rings (SSSR count). The molecule has 2 aliphatic rings. The SMILES string of the molecule is COc1ccc(NC(=O)CC[C@@H]2CN(Cc3ccc(Cl)cc3)CC[C@@H]2N2CCOCC2)c(OC)c1. The summed E-state index contributed by atoms with van der Waals surface area (Å²) in [5.74, 6) is 1.70. The lowest BCUT2D eigenvalue weighted by Crippen LogP contribution is -2.53. The third kappa shape index (κ3) is 7.10. The maximum atomic E-state index is 12.9. The van der Waals surface area contributed by atoms with Crippen LogP contribution in [0, 0.1) is 5.92 Å². The molecule has 1 amide bonds. The highest BCUT2D eigenvalue weighted by Gasteiger charge is 2.34. The fourth-order valence-electron chi connectivity index (χ4n) is 5.19. The molecular formula is C27H36ClN3O4. The molecule has 0 aromatic heterocycles. The molecule has 2 heterocycles. The molecule has 0 bridgehead atoms. The number of hydrogen-bond acceptors (Lipinski definition) is 6. The summed E-state index contributed by atoms with van der Waals surface area (Å²) in [6.45, 7) is 6.44. The van der Waals surface area contributed by atoms with Crippen molar-refractivity contribution >= 4 is 23.2 Å². The van der Waals surface area contributed by atoms with Gasteiger partial charge in [0.1, 0.15) is 11.5 Å². The van der Waals surface area contributed by atoms with Gasteiger partial charge in [0.15, 0.2) is 0 Å². The summed E-state index contributed by atoms with van der Waals surface area (Å²) in [6, 6.07) is 14.0. The van der Waals surface area contributed by atoms with Gasteiger partial charge in [-0.05, 0) is 55.1 Å². The van der Waals surface area contributed by atoms with Crippen LogP contribution in [0.2, 0.25) is 5.02 Å². The molecule has 7 nitrogen and oxygen atoms in total. The van der Waals surface area contributed by atoms with E-state index in [1.54, 1.807) is 20.3 Å². The molecule has 2 aromatic rings. The van der Waals surface area contributed by atoms with Crippen molar-refractivity contribution in [3.63, 3.8) is 0 Å². The molecule has 2 aliphatic heterocycles. The summed E-state index contributed by atoms with van der Waals surface area (Å²) in [6.07, 6.45) is 2.41. The van der Waals surface area contributed by atoms with Crippen LogP contribution in [0.25, 0.3) is 0 Å². The Morgan fingerprint density at radius 2 is 1.86 bits per heavy atom. The van der Waals surface area contributed by atoms with Gasteiger partial charge in [0, 0.05) is 49.7 Å². The van der Waals surface area contributed by atoms with Gasteiger partial charge in [-0.1, -0.05) is 23.7 Å². The number of piperidine rings is 1. The lowest BCUT2D eigenvalue weighted by molar-refractivity contribution is -0.116. The van der Waals surface area contributed by atoms with E-state index in [0.29, 0.717) is 35.6 Å². The van der Waals surface area contributed by atoms with E-state index in [2.05, 4.69) is 27.2 Å². The molecule has 1 N–H and O–H groups in total. The molecule has 190 valence electrons. The van der Waals surface area contributed by atoms with Gasteiger partial charge in [0.05, 0.1) is 33.1 Å². The Labute approximate surface area is 213 Å². The van der Waals surface area contributed by atoms with Crippen LogP contribution in [0.15, 0.2) is 42.5 Å². The van der Waals surface area contributed by atoms with Crippen LogP contribution >= 0.6 is 11.6 Å². The number of anilines is 1. The van der Waals surface area contributed by atoms with E-state index in [9.17, 15) is 4.79 Å². The van der Waals surface area contributed by atoms with Crippen LogP contribution in [0.3, 0.4) is 0 Å². The molecular weight excluding hydrogens is 466 g/mol. The van der Waals surface area contributed by atoms with Crippen molar-refractivity contribution in [3.8, 4) is 11.5 Å². The highest BCUT2D eigenvalue weighted by atomic mass is 35.5. The average Bonchev–Trinajstić information content (AvgIpc) is 2.89. The first kappa shape index (κ1) is 25.8. The number of ether oxygens (including phenoxy) is 3. The third-order valence-electron chi connectivity index (χ3n) is 7.04. The van der Waals surface area contributed by atoms with Crippen molar-refractivity contribution in [1.82, 2.24) is 9.80 Å². The van der Waals surface area contributed by atoms with Gasteiger partial charge in [0.2, 0.25) is 5.91 Å². The minimum Gasteiger partial charge on any atom is -0.497 e. The zero-order chi connectivity index (χ0) is 24.6. The van der Waals surface area contributed by atoms with E-state index in [1.807, 2.05) is 24.3 Å². The van der Waals surface area contributed by atoms with Gasteiger partial charge in [-0.15, -0.1) is 0 Å². The Bertz CT molecular complexity index is 965. The Balaban J connectivity index is 1.39. The smallest absolute Gasteiger partial charge is 0.224 e. The van der Waals surface area contributed by atoms with E-state index in [1.165, 1.54) is 5.56 Å². The van der Waals surface area contributed by atoms with Gasteiger partial charge in [0.25, 0.3) is 0 Å². The van der Waals surface area contributed by atoms with E-state index in [4.69, 9.17) is 25.8 Å². The summed E-state index contributed by atoms with van der Waals surface area (Å²) < 4.78 is 16.3. The number of benzene rings is 2. The third-order valence-corrected chi connectivity index (χ3v) is 7.29. The zero-order valence-electron chi connectivity index (χ0n) is 20.7. The lowest BCUT2D eigenvalue weighted by Gasteiger charge is -2.45. The fourth-order valence-corrected chi connectivity index (χ4v) is 5.32. The first-order valence-electron chi connectivity index (χ1n) is 12.4. The number of carbonyl (C=O) groups is 1.